The molecule has 0 N–H and O–H groups in total. The molecule has 0 fully saturated rings. The molecule has 0 aliphatic carbocycles. The Morgan fingerprint density at radius 2 is 1.85 bits per heavy atom. The molecule has 0 amide bonds. The van der Waals surface area contributed by atoms with Gasteiger partial charge in [-0.1, -0.05) is 13.8 Å². The first kappa shape index (κ1) is 11.9. The van der Waals surface area contributed by atoms with Crippen molar-refractivity contribution < 1.29 is 0 Å². The molecule has 0 saturated heterocycles. The molecule has 0 spiro atoms. The molecule has 0 aromatic carbocycles. The van der Waals surface area contributed by atoms with Gasteiger partial charge in [0, 0.05) is 12.3 Å². The second kappa shape index (κ2) is 4.80. The molecule has 1 rings (SSSR count). The van der Waals surface area contributed by atoms with Crippen molar-refractivity contribution in [1.82, 2.24) is 9.78 Å². The van der Waals surface area contributed by atoms with Crippen molar-refractivity contribution in [2.45, 2.75) is 40.2 Å². The Morgan fingerprint density at radius 1 is 1.31 bits per heavy atom. The summed E-state index contributed by atoms with van der Waals surface area (Å²) in [7, 11) is 0. The van der Waals surface area contributed by atoms with E-state index in [0.29, 0.717) is 0 Å². The minimum atomic E-state index is -0.224. The maximum Gasteiger partial charge on any atom is 0.267 e. The summed E-state index contributed by atoms with van der Waals surface area (Å²) in [5, 5.41) is 3.95. The zero-order valence-corrected chi connectivity index (χ0v) is 9.03. The van der Waals surface area contributed by atoms with Crippen LogP contribution in [0.1, 0.15) is 34.6 Å². The zero-order chi connectivity index (χ0) is 10.5. The molecule has 0 radical (unpaired) electrons. The van der Waals surface area contributed by atoms with Gasteiger partial charge in [0.25, 0.3) is 5.56 Å². The second-order valence-electron chi connectivity index (χ2n) is 3.44. The molecule has 3 nitrogen and oxygen atoms in total. The Balaban J connectivity index is 0.000000671. The minimum Gasteiger partial charge on any atom is -0.268 e. The summed E-state index contributed by atoms with van der Waals surface area (Å²) >= 11 is 0. The van der Waals surface area contributed by atoms with Crippen molar-refractivity contribution >= 4 is 0 Å². The van der Waals surface area contributed by atoms with Crippen LogP contribution in [0.15, 0.2) is 23.1 Å². The van der Waals surface area contributed by atoms with Gasteiger partial charge >= 0.3 is 0 Å². The maximum absolute atomic E-state index is 11.2. The van der Waals surface area contributed by atoms with Gasteiger partial charge in [0.05, 0.1) is 5.54 Å². The van der Waals surface area contributed by atoms with Gasteiger partial charge in [0.1, 0.15) is 0 Å². The Hall–Kier alpha value is -1.12. The highest BCUT2D eigenvalue weighted by molar-refractivity contribution is 4.88. The molecule has 0 saturated carbocycles. The van der Waals surface area contributed by atoms with Crippen molar-refractivity contribution in [3.63, 3.8) is 0 Å². The van der Waals surface area contributed by atoms with Gasteiger partial charge in [-0.15, -0.1) is 0 Å². The summed E-state index contributed by atoms with van der Waals surface area (Å²) in [6, 6.07) is 3.16. The van der Waals surface area contributed by atoms with Crippen LogP contribution in [0.25, 0.3) is 0 Å². The average molecular weight is 182 g/mol. The highest BCUT2D eigenvalue weighted by atomic mass is 16.1. The van der Waals surface area contributed by atoms with E-state index < -0.39 is 0 Å². The fourth-order valence-electron chi connectivity index (χ4n) is 0.862. The molecule has 13 heavy (non-hydrogen) atoms. The molecule has 1 aromatic heterocycles. The lowest BCUT2D eigenvalue weighted by molar-refractivity contribution is 0.338. The van der Waals surface area contributed by atoms with Crippen LogP contribution in [-0.4, -0.2) is 9.78 Å². The topological polar surface area (TPSA) is 34.9 Å². The Kier molecular flexibility index (Phi) is 4.38. The molecule has 0 aliphatic heterocycles. The molecule has 0 aliphatic rings. The van der Waals surface area contributed by atoms with Crippen LogP contribution in [-0.2, 0) is 5.54 Å². The molecular weight excluding hydrogens is 164 g/mol. The molecule has 0 bridgehead atoms. The van der Waals surface area contributed by atoms with Crippen LogP contribution < -0.4 is 5.56 Å². The monoisotopic (exact) mass is 182 g/mol. The van der Waals surface area contributed by atoms with Crippen molar-refractivity contribution in [1.29, 1.82) is 0 Å². The molecule has 1 aromatic rings. The third-order valence-electron chi connectivity index (χ3n) is 1.35. The van der Waals surface area contributed by atoms with E-state index in [1.54, 1.807) is 12.3 Å². The lowest BCUT2D eigenvalue weighted by atomic mass is 10.1. The zero-order valence-electron chi connectivity index (χ0n) is 9.03. The minimum absolute atomic E-state index is 0.0556. The van der Waals surface area contributed by atoms with E-state index in [2.05, 4.69) is 5.10 Å². The van der Waals surface area contributed by atoms with Crippen LogP contribution in [0.3, 0.4) is 0 Å². The molecule has 0 atom stereocenters. The van der Waals surface area contributed by atoms with E-state index in [1.807, 2.05) is 34.6 Å². The summed E-state index contributed by atoms with van der Waals surface area (Å²) in [6.07, 6.45) is 1.62. The van der Waals surface area contributed by atoms with Crippen LogP contribution in [0, 0.1) is 0 Å². The molecule has 74 valence electrons. The van der Waals surface area contributed by atoms with E-state index in [-0.39, 0.29) is 11.1 Å². The smallest absolute Gasteiger partial charge is 0.267 e. The van der Waals surface area contributed by atoms with E-state index in [9.17, 15) is 4.79 Å². The summed E-state index contributed by atoms with van der Waals surface area (Å²) in [6.45, 7) is 9.84. The van der Waals surface area contributed by atoms with Crippen LogP contribution in [0.4, 0.5) is 0 Å². The van der Waals surface area contributed by atoms with Crippen molar-refractivity contribution in [3.05, 3.63) is 28.7 Å². The van der Waals surface area contributed by atoms with Gasteiger partial charge in [-0.05, 0) is 26.8 Å². The van der Waals surface area contributed by atoms with Crippen molar-refractivity contribution in [2.75, 3.05) is 0 Å². The standard InChI is InChI=1S/C8H12N2O.C2H6/c1-8(2,3)10-7(11)5-4-6-9-10;1-2/h4-6H,1-3H3;1-2H3. The van der Waals surface area contributed by atoms with Crippen LogP contribution >= 0.6 is 0 Å². The van der Waals surface area contributed by atoms with Gasteiger partial charge in [-0.25, -0.2) is 4.68 Å². The highest BCUT2D eigenvalue weighted by Gasteiger charge is 2.14. The summed E-state index contributed by atoms with van der Waals surface area (Å²) in [5.41, 5.74) is -0.279. The van der Waals surface area contributed by atoms with Gasteiger partial charge in [-0.3, -0.25) is 4.79 Å². The largest absolute Gasteiger partial charge is 0.268 e. The summed E-state index contributed by atoms with van der Waals surface area (Å²) < 4.78 is 1.47. The van der Waals surface area contributed by atoms with E-state index in [4.69, 9.17) is 0 Å². The fourth-order valence-corrected chi connectivity index (χ4v) is 0.862. The molecular formula is C10H18N2O. The summed E-state index contributed by atoms with van der Waals surface area (Å²) in [4.78, 5) is 11.2. The lowest BCUT2D eigenvalue weighted by Crippen LogP contribution is -2.34. The second-order valence-corrected chi connectivity index (χ2v) is 3.44. The predicted molar refractivity (Wildman–Crippen MR) is 54.8 cm³/mol. The number of hydrogen-bond acceptors (Lipinski definition) is 2. The van der Waals surface area contributed by atoms with Gasteiger partial charge in [-0.2, -0.15) is 5.10 Å². The van der Waals surface area contributed by atoms with E-state index >= 15 is 0 Å². The first-order valence-corrected chi connectivity index (χ1v) is 4.56. The Labute approximate surface area is 79.4 Å². The average Bonchev–Trinajstić information content (AvgIpc) is 2.07. The normalized spacial score (nSPS) is 10.2. The fraction of sp³-hybridized carbons (Fsp3) is 0.600. The molecule has 1 heterocycles. The molecule has 0 unspecified atom stereocenters. The first-order chi connectivity index (χ1) is 6.02. The van der Waals surface area contributed by atoms with Crippen molar-refractivity contribution in [3.8, 4) is 0 Å². The SMILES string of the molecule is CC.CC(C)(C)n1ncccc1=O. The Bertz CT molecular complexity index is 296. The van der Waals surface area contributed by atoms with E-state index in [1.165, 1.54) is 10.7 Å². The Morgan fingerprint density at radius 3 is 2.15 bits per heavy atom. The maximum atomic E-state index is 11.2. The molecule has 3 heteroatoms. The van der Waals surface area contributed by atoms with Gasteiger partial charge in [0.2, 0.25) is 0 Å². The quantitative estimate of drug-likeness (QED) is 0.615. The number of rotatable bonds is 0. The van der Waals surface area contributed by atoms with Crippen molar-refractivity contribution in [2.24, 2.45) is 0 Å². The third-order valence-corrected chi connectivity index (χ3v) is 1.35. The lowest BCUT2D eigenvalue weighted by Gasteiger charge is -2.19. The van der Waals surface area contributed by atoms with E-state index in [0.717, 1.165) is 0 Å². The third kappa shape index (κ3) is 3.40. The van der Waals surface area contributed by atoms with Crippen LogP contribution in [0.5, 0.6) is 0 Å². The predicted octanol–water partition coefficient (Wildman–Crippen LogP) is 2.02. The van der Waals surface area contributed by atoms with Crippen LogP contribution in [0.2, 0.25) is 0 Å². The number of hydrogen-bond donors (Lipinski definition) is 0. The van der Waals surface area contributed by atoms with Gasteiger partial charge in [0.15, 0.2) is 0 Å². The summed E-state index contributed by atoms with van der Waals surface area (Å²) in [5.74, 6) is 0. The number of aromatic nitrogens is 2. The van der Waals surface area contributed by atoms with Gasteiger partial charge < -0.3 is 0 Å². The number of nitrogens with zero attached hydrogens (tertiary/aromatic N) is 2. The first-order valence-electron chi connectivity index (χ1n) is 4.56. The highest BCUT2D eigenvalue weighted by Crippen LogP contribution is 2.06.